The molecule has 0 saturated heterocycles. The van der Waals surface area contributed by atoms with E-state index in [4.69, 9.17) is 24.3 Å². The molecule has 9 heteroatoms. The number of phosphoric ester groups is 1. The zero-order chi connectivity index (χ0) is 36.6. The topological polar surface area (TPSA) is 117 Å². The van der Waals surface area contributed by atoms with Crippen molar-refractivity contribution in [3.8, 4) is 0 Å². The largest absolute Gasteiger partial charge is 0.492 e. The van der Waals surface area contributed by atoms with E-state index in [2.05, 4.69) is 74.6 Å². The molecule has 0 aliphatic carbocycles. The van der Waals surface area contributed by atoms with Crippen LogP contribution >= 0.6 is 7.82 Å². The molecule has 0 rings (SSSR count). The lowest BCUT2D eigenvalue weighted by molar-refractivity contribution is -0.147. The first-order valence-electron chi connectivity index (χ1n) is 19.5. The van der Waals surface area contributed by atoms with Gasteiger partial charge in [-0.15, -0.1) is 0 Å². The van der Waals surface area contributed by atoms with Crippen LogP contribution in [0.4, 0.5) is 0 Å². The fourth-order valence-electron chi connectivity index (χ4n) is 4.79. The summed E-state index contributed by atoms with van der Waals surface area (Å²) in [4.78, 5) is 22.2. The van der Waals surface area contributed by atoms with Crippen LogP contribution in [0.25, 0.3) is 0 Å². The maximum atomic E-state index is 12.3. The van der Waals surface area contributed by atoms with Crippen molar-refractivity contribution >= 4 is 13.8 Å². The minimum absolute atomic E-state index is 0.0903. The summed E-state index contributed by atoms with van der Waals surface area (Å²) >= 11 is 0. The number of allylic oxidation sites excluding steroid dienone is 11. The van der Waals surface area contributed by atoms with E-state index in [1.807, 2.05) is 6.08 Å². The van der Waals surface area contributed by atoms with Crippen molar-refractivity contribution in [2.45, 2.75) is 155 Å². The highest BCUT2D eigenvalue weighted by atomic mass is 31.2. The van der Waals surface area contributed by atoms with Gasteiger partial charge in [0, 0.05) is 13.0 Å². The van der Waals surface area contributed by atoms with Crippen LogP contribution in [-0.2, 0) is 27.9 Å². The van der Waals surface area contributed by atoms with Gasteiger partial charge in [-0.25, -0.2) is 4.57 Å². The van der Waals surface area contributed by atoms with Gasteiger partial charge >= 0.3 is 13.8 Å². The van der Waals surface area contributed by atoms with Crippen molar-refractivity contribution in [3.05, 3.63) is 73.1 Å². The highest BCUT2D eigenvalue weighted by Gasteiger charge is 2.24. The highest BCUT2D eigenvalue weighted by Crippen LogP contribution is 2.43. The van der Waals surface area contributed by atoms with Crippen LogP contribution in [0.5, 0.6) is 0 Å². The second-order valence-electron chi connectivity index (χ2n) is 12.5. The summed E-state index contributed by atoms with van der Waals surface area (Å²) in [5, 5.41) is 0. The van der Waals surface area contributed by atoms with Crippen molar-refractivity contribution in [1.29, 1.82) is 0 Å². The van der Waals surface area contributed by atoms with Crippen molar-refractivity contribution in [3.63, 3.8) is 0 Å². The number of rotatable bonds is 36. The Bertz CT molecular complexity index is 989. The summed E-state index contributed by atoms with van der Waals surface area (Å²) in [5.74, 6) is -0.335. The minimum Gasteiger partial charge on any atom is -0.492 e. The summed E-state index contributed by atoms with van der Waals surface area (Å²) in [5.41, 5.74) is 5.35. The first-order chi connectivity index (χ1) is 24.4. The molecule has 0 aliphatic rings. The second-order valence-corrected chi connectivity index (χ2v) is 13.9. The van der Waals surface area contributed by atoms with Gasteiger partial charge in [0.15, 0.2) is 6.10 Å². The molecule has 0 aliphatic heterocycles. The Hall–Kier alpha value is -2.22. The molecule has 0 saturated carbocycles. The van der Waals surface area contributed by atoms with E-state index in [1.54, 1.807) is 6.26 Å². The van der Waals surface area contributed by atoms with Crippen LogP contribution < -0.4 is 5.73 Å². The van der Waals surface area contributed by atoms with Crippen LogP contribution in [-0.4, -0.2) is 43.3 Å². The summed E-state index contributed by atoms with van der Waals surface area (Å²) in [6.07, 6.45) is 47.3. The number of carbonyl (C=O) groups excluding carboxylic acids is 1. The zero-order valence-electron chi connectivity index (χ0n) is 31.6. The quantitative estimate of drug-likeness (QED) is 0.0216. The molecular weight excluding hydrogens is 649 g/mol. The van der Waals surface area contributed by atoms with Gasteiger partial charge in [-0.2, -0.15) is 0 Å². The lowest BCUT2D eigenvalue weighted by Crippen LogP contribution is -2.25. The maximum absolute atomic E-state index is 12.3. The smallest absolute Gasteiger partial charge is 0.472 e. The molecule has 3 N–H and O–H groups in total. The average molecular weight is 722 g/mol. The molecule has 0 heterocycles. The van der Waals surface area contributed by atoms with Gasteiger partial charge in [0.1, 0.15) is 6.61 Å². The number of hydrogen-bond donors (Lipinski definition) is 2. The van der Waals surface area contributed by atoms with Gasteiger partial charge in [0.25, 0.3) is 0 Å². The van der Waals surface area contributed by atoms with Gasteiger partial charge in [-0.1, -0.05) is 120 Å². The monoisotopic (exact) mass is 722 g/mol. The second kappa shape index (κ2) is 38.0. The number of unbranched alkanes of at least 4 members (excludes halogenated alkanes) is 13. The van der Waals surface area contributed by atoms with Crippen molar-refractivity contribution in [1.82, 2.24) is 0 Å². The summed E-state index contributed by atoms with van der Waals surface area (Å²) in [6.45, 7) is 4.01. The molecule has 0 aromatic heterocycles. The van der Waals surface area contributed by atoms with Crippen molar-refractivity contribution in [2.24, 2.45) is 5.73 Å². The van der Waals surface area contributed by atoms with E-state index in [9.17, 15) is 14.3 Å². The van der Waals surface area contributed by atoms with E-state index >= 15 is 0 Å². The Morgan fingerprint density at radius 3 is 1.72 bits per heavy atom. The first kappa shape index (κ1) is 47.8. The molecule has 0 aromatic rings. The fraction of sp³-hybridized carbons (Fsp3) is 0.683. The molecule has 1 unspecified atom stereocenters. The van der Waals surface area contributed by atoms with E-state index in [1.165, 1.54) is 64.2 Å². The molecule has 0 spiro atoms. The van der Waals surface area contributed by atoms with E-state index in [0.717, 1.165) is 57.8 Å². The molecule has 0 aromatic carbocycles. The molecule has 2 atom stereocenters. The zero-order valence-corrected chi connectivity index (χ0v) is 32.5. The summed E-state index contributed by atoms with van der Waals surface area (Å²) < 4.78 is 33.1. The average Bonchev–Trinajstić information content (AvgIpc) is 3.11. The van der Waals surface area contributed by atoms with Gasteiger partial charge in [0.2, 0.25) is 0 Å². The number of esters is 1. The standard InChI is InChI=1S/C41H72NO7P/c1-3-5-7-9-11-13-15-17-19-21-23-25-27-29-31-33-36-46-40(39-49-50(44,45)48-37-35-42)38-47-41(43)34-32-30-28-26-24-22-20-18-16-14-12-10-8-6-4-2/h6,8,12-15,18,20,24,26,33,36,40H,3-5,7,9-11,16-17,19,21-23,25,27-32,34-35,37-39,42H2,1-2H3,(H,44,45)/t40-/m1/s1. The van der Waals surface area contributed by atoms with Gasteiger partial charge in [-0.05, 0) is 89.5 Å². The lowest BCUT2D eigenvalue weighted by Gasteiger charge is -2.19. The minimum atomic E-state index is -4.28. The Morgan fingerprint density at radius 2 is 1.14 bits per heavy atom. The van der Waals surface area contributed by atoms with Crippen molar-refractivity contribution < 1.29 is 32.8 Å². The predicted molar refractivity (Wildman–Crippen MR) is 210 cm³/mol. The van der Waals surface area contributed by atoms with Gasteiger partial charge in [-0.3, -0.25) is 13.8 Å². The molecule has 0 amide bonds. The summed E-state index contributed by atoms with van der Waals surface area (Å²) in [7, 11) is -4.28. The van der Waals surface area contributed by atoms with Crippen LogP contribution in [0.1, 0.15) is 149 Å². The predicted octanol–water partition coefficient (Wildman–Crippen LogP) is 11.5. The summed E-state index contributed by atoms with van der Waals surface area (Å²) in [6, 6.07) is 0. The van der Waals surface area contributed by atoms with Crippen LogP contribution in [0.15, 0.2) is 73.1 Å². The van der Waals surface area contributed by atoms with E-state index in [-0.39, 0.29) is 32.3 Å². The van der Waals surface area contributed by atoms with Gasteiger partial charge < -0.3 is 20.1 Å². The van der Waals surface area contributed by atoms with Crippen LogP contribution in [0.2, 0.25) is 0 Å². The Kier molecular flexibility index (Phi) is 36.3. The Morgan fingerprint density at radius 1 is 0.640 bits per heavy atom. The maximum Gasteiger partial charge on any atom is 0.472 e. The molecule has 0 fully saturated rings. The van der Waals surface area contributed by atoms with Crippen LogP contribution in [0.3, 0.4) is 0 Å². The number of carbonyl (C=O) groups is 1. The first-order valence-corrected chi connectivity index (χ1v) is 21.0. The SMILES string of the molecule is CCC=CCC=CCC=CCC=CCCCCC(=O)OC[C@H](COP(=O)(O)OCCN)OC=CCCCCCCCCC=CCCCCCC. The van der Waals surface area contributed by atoms with E-state index in [0.29, 0.717) is 12.8 Å². The third-order valence-corrected chi connectivity index (χ3v) is 8.68. The molecule has 288 valence electrons. The number of nitrogens with two attached hydrogens (primary N) is 1. The molecule has 0 radical (unpaired) electrons. The number of hydrogen-bond acceptors (Lipinski definition) is 7. The highest BCUT2D eigenvalue weighted by molar-refractivity contribution is 7.47. The third-order valence-electron chi connectivity index (χ3n) is 7.70. The molecule has 0 bridgehead atoms. The third kappa shape index (κ3) is 37.0. The van der Waals surface area contributed by atoms with Crippen molar-refractivity contribution in [2.75, 3.05) is 26.4 Å². The van der Waals surface area contributed by atoms with Crippen LogP contribution in [0, 0.1) is 0 Å². The van der Waals surface area contributed by atoms with E-state index < -0.39 is 13.9 Å². The Balaban J connectivity index is 4.23. The van der Waals surface area contributed by atoms with Gasteiger partial charge in [0.05, 0.1) is 19.5 Å². The number of phosphoric acid groups is 1. The lowest BCUT2D eigenvalue weighted by atomic mass is 10.1. The normalized spacial score (nSPS) is 14.3. The Labute approximate surface area is 305 Å². The molecule has 50 heavy (non-hydrogen) atoms. The molecular formula is C41H72NO7P. The molecule has 8 nitrogen and oxygen atoms in total. The number of ether oxygens (including phenoxy) is 2. The fourth-order valence-corrected chi connectivity index (χ4v) is 5.55.